The molecule has 1 aromatic carbocycles. The average Bonchev–Trinajstić information content (AvgIpc) is 2.24. The van der Waals surface area contributed by atoms with Gasteiger partial charge in [-0.15, -0.1) is 0 Å². The molecule has 0 aromatic heterocycles. The van der Waals surface area contributed by atoms with Crippen molar-refractivity contribution in [3.63, 3.8) is 0 Å². The van der Waals surface area contributed by atoms with Gasteiger partial charge in [0.1, 0.15) is 0 Å². The van der Waals surface area contributed by atoms with E-state index in [4.69, 9.17) is 9.84 Å². The van der Waals surface area contributed by atoms with Gasteiger partial charge in [0.15, 0.2) is 6.10 Å². The van der Waals surface area contributed by atoms with Crippen LogP contribution < -0.4 is 0 Å². The first kappa shape index (κ1) is 13.5. The molecule has 1 atom stereocenters. The van der Waals surface area contributed by atoms with Crippen LogP contribution in [-0.4, -0.2) is 17.7 Å². The highest BCUT2D eigenvalue weighted by Crippen LogP contribution is 2.35. The molecule has 0 saturated heterocycles. The first-order valence-electron chi connectivity index (χ1n) is 4.88. The van der Waals surface area contributed by atoms with Crippen molar-refractivity contribution < 1.29 is 27.8 Å². The van der Waals surface area contributed by atoms with Crippen LogP contribution in [-0.2, 0) is 15.7 Å². The van der Waals surface area contributed by atoms with Crippen LogP contribution in [0.15, 0.2) is 24.3 Å². The Morgan fingerprint density at radius 1 is 1.41 bits per heavy atom. The van der Waals surface area contributed by atoms with Gasteiger partial charge in [-0.1, -0.05) is 18.2 Å². The summed E-state index contributed by atoms with van der Waals surface area (Å²) in [5.41, 5.74) is -1.37. The Balaban J connectivity index is 3.23. The van der Waals surface area contributed by atoms with Gasteiger partial charge >= 0.3 is 12.1 Å². The summed E-state index contributed by atoms with van der Waals surface area (Å²) in [6.45, 7) is 1.54. The first-order chi connectivity index (χ1) is 7.88. The molecule has 1 N–H and O–H groups in total. The second kappa shape index (κ2) is 5.18. The smallest absolute Gasteiger partial charge is 0.416 e. The molecule has 1 rings (SSSR count). The van der Waals surface area contributed by atoms with Crippen molar-refractivity contribution in [3.05, 3.63) is 35.4 Å². The Hall–Kier alpha value is -1.56. The number of carbonyl (C=O) groups is 1. The molecule has 0 aliphatic carbocycles. The fourth-order valence-corrected chi connectivity index (χ4v) is 1.44. The monoisotopic (exact) mass is 248 g/mol. The Morgan fingerprint density at radius 3 is 2.47 bits per heavy atom. The van der Waals surface area contributed by atoms with E-state index in [0.29, 0.717) is 0 Å². The molecule has 0 aliphatic heterocycles. The van der Waals surface area contributed by atoms with Gasteiger partial charge in [-0.05, 0) is 13.0 Å². The lowest BCUT2D eigenvalue weighted by Gasteiger charge is -2.18. The second-order valence-electron chi connectivity index (χ2n) is 3.26. The zero-order valence-electron chi connectivity index (χ0n) is 8.99. The molecular weight excluding hydrogens is 237 g/mol. The number of aliphatic carboxylic acids is 1. The number of halogens is 3. The van der Waals surface area contributed by atoms with Gasteiger partial charge < -0.3 is 9.84 Å². The highest BCUT2D eigenvalue weighted by Gasteiger charge is 2.36. The molecular formula is C11H11F3O3. The quantitative estimate of drug-likeness (QED) is 0.891. The van der Waals surface area contributed by atoms with Crippen molar-refractivity contribution in [1.29, 1.82) is 0 Å². The molecule has 0 bridgehead atoms. The highest BCUT2D eigenvalue weighted by molar-refractivity contribution is 5.75. The molecule has 0 radical (unpaired) electrons. The van der Waals surface area contributed by atoms with Crippen LogP contribution in [0.5, 0.6) is 0 Å². The maximum Gasteiger partial charge on any atom is 0.416 e. The Labute approximate surface area is 95.8 Å². The van der Waals surface area contributed by atoms with E-state index in [2.05, 4.69) is 0 Å². The van der Waals surface area contributed by atoms with Crippen molar-refractivity contribution in [2.24, 2.45) is 0 Å². The number of alkyl halides is 3. The molecule has 17 heavy (non-hydrogen) atoms. The van der Waals surface area contributed by atoms with Crippen LogP contribution in [0.1, 0.15) is 24.2 Å². The van der Waals surface area contributed by atoms with E-state index in [9.17, 15) is 18.0 Å². The molecule has 3 nitrogen and oxygen atoms in total. The summed E-state index contributed by atoms with van der Waals surface area (Å²) in [4.78, 5) is 10.9. The van der Waals surface area contributed by atoms with E-state index in [1.807, 2.05) is 0 Å². The van der Waals surface area contributed by atoms with E-state index >= 15 is 0 Å². The van der Waals surface area contributed by atoms with E-state index in [1.54, 1.807) is 0 Å². The van der Waals surface area contributed by atoms with E-state index in [1.165, 1.54) is 19.1 Å². The lowest BCUT2D eigenvalue weighted by molar-refractivity contribution is -0.152. The summed E-state index contributed by atoms with van der Waals surface area (Å²) in [6.07, 6.45) is -6.20. The maximum absolute atomic E-state index is 12.7. The summed E-state index contributed by atoms with van der Waals surface area (Å²) in [7, 11) is 0. The fraction of sp³-hybridized carbons (Fsp3) is 0.364. The number of rotatable bonds is 4. The lowest BCUT2D eigenvalue weighted by Crippen LogP contribution is -2.20. The normalized spacial score (nSPS) is 13.4. The van der Waals surface area contributed by atoms with Crippen molar-refractivity contribution in [2.75, 3.05) is 6.61 Å². The molecule has 0 saturated carbocycles. The predicted molar refractivity (Wildman–Crippen MR) is 53.4 cm³/mol. The minimum Gasteiger partial charge on any atom is -0.479 e. The second-order valence-corrected chi connectivity index (χ2v) is 3.26. The molecule has 0 spiro atoms. The molecule has 1 unspecified atom stereocenters. The molecule has 0 amide bonds. The number of carboxylic acids is 1. The van der Waals surface area contributed by atoms with Gasteiger partial charge in [-0.25, -0.2) is 4.79 Å². The van der Waals surface area contributed by atoms with E-state index < -0.39 is 23.8 Å². The van der Waals surface area contributed by atoms with Crippen molar-refractivity contribution in [3.8, 4) is 0 Å². The summed E-state index contributed by atoms with van der Waals surface area (Å²) < 4.78 is 42.8. The summed E-state index contributed by atoms with van der Waals surface area (Å²) in [5.74, 6) is -1.44. The maximum atomic E-state index is 12.7. The minimum absolute atomic E-state index is 0.0170. The van der Waals surface area contributed by atoms with Crippen molar-refractivity contribution in [1.82, 2.24) is 0 Å². The van der Waals surface area contributed by atoms with Crippen LogP contribution in [0.25, 0.3) is 0 Å². The van der Waals surface area contributed by atoms with Crippen molar-refractivity contribution in [2.45, 2.75) is 19.2 Å². The van der Waals surface area contributed by atoms with Gasteiger partial charge in [0.25, 0.3) is 0 Å². The Kier molecular flexibility index (Phi) is 4.11. The largest absolute Gasteiger partial charge is 0.479 e. The summed E-state index contributed by atoms with van der Waals surface area (Å²) in [5, 5.41) is 8.86. The van der Waals surface area contributed by atoms with Crippen LogP contribution in [0.4, 0.5) is 13.2 Å². The third-order valence-electron chi connectivity index (χ3n) is 2.11. The van der Waals surface area contributed by atoms with Gasteiger partial charge in [-0.3, -0.25) is 0 Å². The third-order valence-corrected chi connectivity index (χ3v) is 2.11. The number of hydrogen-bond acceptors (Lipinski definition) is 2. The molecule has 0 aliphatic rings. The van der Waals surface area contributed by atoms with Gasteiger partial charge in [-0.2, -0.15) is 13.2 Å². The van der Waals surface area contributed by atoms with Crippen LogP contribution in [0.2, 0.25) is 0 Å². The fourth-order valence-electron chi connectivity index (χ4n) is 1.44. The SMILES string of the molecule is CCOC(C(=O)O)c1ccccc1C(F)(F)F. The van der Waals surface area contributed by atoms with Crippen LogP contribution in [0.3, 0.4) is 0 Å². The van der Waals surface area contributed by atoms with Crippen LogP contribution in [0, 0.1) is 0 Å². The van der Waals surface area contributed by atoms with E-state index in [-0.39, 0.29) is 12.2 Å². The third kappa shape index (κ3) is 3.20. The highest BCUT2D eigenvalue weighted by atomic mass is 19.4. The van der Waals surface area contributed by atoms with Crippen LogP contribution >= 0.6 is 0 Å². The number of benzene rings is 1. The minimum atomic E-state index is -4.60. The average molecular weight is 248 g/mol. The number of ether oxygens (including phenoxy) is 1. The number of hydrogen-bond donors (Lipinski definition) is 1. The summed E-state index contributed by atoms with van der Waals surface area (Å²) in [6, 6.07) is 4.50. The molecule has 0 heterocycles. The Morgan fingerprint density at radius 2 is 2.00 bits per heavy atom. The first-order valence-corrected chi connectivity index (χ1v) is 4.88. The van der Waals surface area contributed by atoms with Gasteiger partial charge in [0.05, 0.1) is 5.56 Å². The molecule has 0 fully saturated rings. The molecule has 94 valence electrons. The van der Waals surface area contributed by atoms with E-state index in [0.717, 1.165) is 12.1 Å². The standard InChI is InChI=1S/C11H11F3O3/c1-2-17-9(10(15)16)7-5-3-4-6-8(7)11(12,13)14/h3-6,9H,2H2,1H3,(H,15,16). The van der Waals surface area contributed by atoms with Gasteiger partial charge in [0, 0.05) is 12.2 Å². The molecule has 1 aromatic rings. The summed E-state index contributed by atoms with van der Waals surface area (Å²) >= 11 is 0. The topological polar surface area (TPSA) is 46.5 Å². The molecule has 6 heteroatoms. The predicted octanol–water partition coefficient (Wildman–Crippen LogP) is 2.87. The van der Waals surface area contributed by atoms with Crippen molar-refractivity contribution >= 4 is 5.97 Å². The zero-order valence-corrected chi connectivity index (χ0v) is 8.99. The number of carboxylic acid groups (broad SMARTS) is 1. The zero-order chi connectivity index (χ0) is 13.1. The van der Waals surface area contributed by atoms with Gasteiger partial charge in [0.2, 0.25) is 0 Å². The lowest BCUT2D eigenvalue weighted by atomic mass is 10.0. The Bertz CT molecular complexity index is 401.